The van der Waals surface area contributed by atoms with E-state index in [1.807, 2.05) is 0 Å². The number of aryl methyl sites for hydroxylation is 1. The van der Waals surface area contributed by atoms with Gasteiger partial charge in [-0.1, -0.05) is 31.2 Å². The van der Waals surface area contributed by atoms with Gasteiger partial charge in [-0.2, -0.15) is 0 Å². The van der Waals surface area contributed by atoms with E-state index >= 15 is 0 Å². The van der Waals surface area contributed by atoms with E-state index in [4.69, 9.17) is 5.73 Å². The van der Waals surface area contributed by atoms with Crippen LogP contribution in [0.2, 0.25) is 0 Å². The van der Waals surface area contributed by atoms with Crippen LogP contribution < -0.4 is 5.73 Å². The van der Waals surface area contributed by atoms with E-state index in [0.29, 0.717) is 12.8 Å². The third-order valence-corrected chi connectivity index (χ3v) is 3.14. The molecule has 0 aromatic heterocycles. The zero-order chi connectivity index (χ0) is 10.2. The van der Waals surface area contributed by atoms with Crippen LogP contribution in [0.25, 0.3) is 0 Å². The van der Waals surface area contributed by atoms with Gasteiger partial charge in [-0.3, -0.25) is 0 Å². The zero-order valence-corrected chi connectivity index (χ0v) is 8.53. The average Bonchev–Trinajstić information content (AvgIpc) is 2.16. The molecule has 1 aromatic rings. The van der Waals surface area contributed by atoms with Crippen LogP contribution in [0, 0.1) is 0 Å². The van der Waals surface area contributed by atoms with Crippen molar-refractivity contribution >= 4 is 0 Å². The van der Waals surface area contributed by atoms with E-state index in [1.54, 1.807) is 0 Å². The van der Waals surface area contributed by atoms with Crippen molar-refractivity contribution in [2.45, 2.75) is 37.8 Å². The fourth-order valence-electron chi connectivity index (χ4n) is 2.09. The molecule has 0 heterocycles. The second-order valence-electron chi connectivity index (χ2n) is 4.27. The Hall–Kier alpha value is -0.860. The Morgan fingerprint density at radius 3 is 2.36 bits per heavy atom. The summed E-state index contributed by atoms with van der Waals surface area (Å²) in [7, 11) is 0. The Morgan fingerprint density at radius 2 is 1.93 bits per heavy atom. The van der Waals surface area contributed by atoms with E-state index in [1.165, 1.54) is 5.56 Å². The van der Waals surface area contributed by atoms with Crippen LogP contribution in [0.1, 0.15) is 30.9 Å². The van der Waals surface area contributed by atoms with Crippen molar-refractivity contribution in [3.05, 3.63) is 35.4 Å². The Balaban J connectivity index is 2.17. The van der Waals surface area contributed by atoms with Gasteiger partial charge in [-0.05, 0) is 30.4 Å². The number of aliphatic hydroxyl groups is 1. The minimum absolute atomic E-state index is 0.203. The standard InChI is InChI=1S/C12H17NO/c1-2-9-3-5-10(6-4-9)12(13)7-11(14)8-12/h3-6,11,14H,2,7-8,13H2,1H3. The first kappa shape index (κ1) is 9.69. The lowest BCUT2D eigenvalue weighted by molar-refractivity contribution is 0.0209. The SMILES string of the molecule is CCc1ccc(C2(N)CC(O)C2)cc1. The van der Waals surface area contributed by atoms with Gasteiger partial charge in [-0.15, -0.1) is 0 Å². The first-order valence-electron chi connectivity index (χ1n) is 5.20. The van der Waals surface area contributed by atoms with Crippen LogP contribution in [-0.2, 0) is 12.0 Å². The first-order chi connectivity index (χ1) is 6.64. The molecule has 1 aromatic carbocycles. The second-order valence-corrected chi connectivity index (χ2v) is 4.27. The summed E-state index contributed by atoms with van der Waals surface area (Å²) in [5, 5.41) is 9.27. The highest BCUT2D eigenvalue weighted by Crippen LogP contribution is 2.38. The molecular formula is C12H17NO. The van der Waals surface area contributed by atoms with Gasteiger partial charge in [0.05, 0.1) is 6.10 Å². The molecule has 0 unspecified atom stereocenters. The summed E-state index contributed by atoms with van der Waals surface area (Å²) in [6, 6.07) is 8.42. The van der Waals surface area contributed by atoms with Gasteiger partial charge in [0.25, 0.3) is 0 Å². The summed E-state index contributed by atoms with van der Waals surface area (Å²) in [5.41, 5.74) is 8.36. The van der Waals surface area contributed by atoms with Gasteiger partial charge in [0.2, 0.25) is 0 Å². The highest BCUT2D eigenvalue weighted by Gasteiger charge is 2.41. The summed E-state index contributed by atoms with van der Waals surface area (Å²) in [5.74, 6) is 0. The maximum Gasteiger partial charge on any atom is 0.0582 e. The molecule has 0 amide bonds. The zero-order valence-electron chi connectivity index (χ0n) is 8.53. The maximum atomic E-state index is 9.27. The quantitative estimate of drug-likeness (QED) is 0.745. The lowest BCUT2D eigenvalue weighted by Crippen LogP contribution is -2.51. The summed E-state index contributed by atoms with van der Waals surface area (Å²) < 4.78 is 0. The fourth-order valence-corrected chi connectivity index (χ4v) is 2.09. The summed E-state index contributed by atoms with van der Waals surface area (Å²) >= 11 is 0. The molecule has 2 heteroatoms. The predicted molar refractivity (Wildman–Crippen MR) is 56.9 cm³/mol. The minimum Gasteiger partial charge on any atom is -0.393 e. The Morgan fingerprint density at radius 1 is 1.36 bits per heavy atom. The van der Waals surface area contributed by atoms with E-state index < -0.39 is 0 Å². The monoisotopic (exact) mass is 191 g/mol. The van der Waals surface area contributed by atoms with Crippen molar-refractivity contribution in [2.24, 2.45) is 5.73 Å². The molecule has 2 nitrogen and oxygen atoms in total. The van der Waals surface area contributed by atoms with Crippen molar-refractivity contribution in [3.63, 3.8) is 0 Å². The smallest absolute Gasteiger partial charge is 0.0582 e. The van der Waals surface area contributed by atoms with Crippen LogP contribution in [-0.4, -0.2) is 11.2 Å². The third-order valence-electron chi connectivity index (χ3n) is 3.14. The van der Waals surface area contributed by atoms with E-state index in [2.05, 4.69) is 31.2 Å². The highest BCUT2D eigenvalue weighted by molar-refractivity contribution is 5.30. The molecule has 2 rings (SSSR count). The lowest BCUT2D eigenvalue weighted by atomic mass is 9.70. The van der Waals surface area contributed by atoms with Crippen molar-refractivity contribution < 1.29 is 5.11 Å². The topological polar surface area (TPSA) is 46.2 Å². The predicted octanol–water partition coefficient (Wildman–Crippen LogP) is 1.56. The molecule has 1 aliphatic rings. The van der Waals surface area contributed by atoms with Crippen LogP contribution in [0.3, 0.4) is 0 Å². The summed E-state index contributed by atoms with van der Waals surface area (Å²) in [4.78, 5) is 0. The van der Waals surface area contributed by atoms with Gasteiger partial charge in [-0.25, -0.2) is 0 Å². The molecule has 0 saturated heterocycles. The van der Waals surface area contributed by atoms with Gasteiger partial charge in [0, 0.05) is 5.54 Å². The normalized spacial score (nSPS) is 31.2. The second kappa shape index (κ2) is 3.37. The number of hydrogen-bond acceptors (Lipinski definition) is 2. The number of aliphatic hydroxyl groups excluding tert-OH is 1. The number of rotatable bonds is 2. The molecule has 0 spiro atoms. The minimum atomic E-state index is -0.272. The summed E-state index contributed by atoms with van der Waals surface area (Å²) in [6.45, 7) is 2.14. The van der Waals surface area contributed by atoms with Crippen molar-refractivity contribution in [1.29, 1.82) is 0 Å². The Bertz CT molecular complexity index is 312. The van der Waals surface area contributed by atoms with Crippen LogP contribution in [0.15, 0.2) is 24.3 Å². The van der Waals surface area contributed by atoms with Crippen LogP contribution in [0.4, 0.5) is 0 Å². The van der Waals surface area contributed by atoms with Gasteiger partial charge in [0.1, 0.15) is 0 Å². The molecule has 0 radical (unpaired) electrons. The molecule has 0 aliphatic heterocycles. The van der Waals surface area contributed by atoms with Crippen LogP contribution in [0.5, 0.6) is 0 Å². The average molecular weight is 191 g/mol. The van der Waals surface area contributed by atoms with Crippen molar-refractivity contribution in [3.8, 4) is 0 Å². The maximum absolute atomic E-state index is 9.27. The number of nitrogens with two attached hydrogens (primary N) is 1. The molecular weight excluding hydrogens is 174 g/mol. The van der Waals surface area contributed by atoms with E-state index in [-0.39, 0.29) is 11.6 Å². The molecule has 3 N–H and O–H groups in total. The van der Waals surface area contributed by atoms with Gasteiger partial charge >= 0.3 is 0 Å². The Labute approximate surface area is 84.7 Å². The largest absolute Gasteiger partial charge is 0.393 e. The van der Waals surface area contributed by atoms with Gasteiger partial charge in [0.15, 0.2) is 0 Å². The Kier molecular flexibility index (Phi) is 2.33. The molecule has 1 saturated carbocycles. The third kappa shape index (κ3) is 1.56. The highest BCUT2D eigenvalue weighted by atomic mass is 16.3. The number of hydrogen-bond donors (Lipinski definition) is 2. The molecule has 76 valence electrons. The van der Waals surface area contributed by atoms with Crippen LogP contribution >= 0.6 is 0 Å². The molecule has 1 fully saturated rings. The molecule has 14 heavy (non-hydrogen) atoms. The molecule has 1 aliphatic carbocycles. The van der Waals surface area contributed by atoms with Gasteiger partial charge < -0.3 is 10.8 Å². The van der Waals surface area contributed by atoms with E-state index in [9.17, 15) is 5.11 Å². The molecule has 0 bridgehead atoms. The van der Waals surface area contributed by atoms with E-state index in [0.717, 1.165) is 12.0 Å². The summed E-state index contributed by atoms with van der Waals surface area (Å²) in [6.07, 6.45) is 2.24. The first-order valence-corrected chi connectivity index (χ1v) is 5.20. The lowest BCUT2D eigenvalue weighted by Gasteiger charge is -2.42. The van der Waals surface area contributed by atoms with Crippen molar-refractivity contribution in [1.82, 2.24) is 0 Å². The number of benzene rings is 1. The molecule has 0 atom stereocenters. The fraction of sp³-hybridized carbons (Fsp3) is 0.500. The van der Waals surface area contributed by atoms with Crippen molar-refractivity contribution in [2.75, 3.05) is 0 Å².